The SMILES string of the molecule is Cc1ccc(N(CC(=O)O)C(=O)[C@H](C)CS)cc1C. The Morgan fingerprint density at radius 2 is 1.95 bits per heavy atom. The third-order valence-electron chi connectivity index (χ3n) is 3.06. The van der Waals surface area contributed by atoms with Gasteiger partial charge in [0, 0.05) is 17.4 Å². The maximum atomic E-state index is 12.2. The van der Waals surface area contributed by atoms with Crippen LogP contribution in [0, 0.1) is 19.8 Å². The molecule has 0 aliphatic rings. The molecule has 19 heavy (non-hydrogen) atoms. The molecule has 1 amide bonds. The molecule has 1 N–H and O–H groups in total. The molecule has 0 aromatic heterocycles. The monoisotopic (exact) mass is 281 g/mol. The summed E-state index contributed by atoms with van der Waals surface area (Å²) in [4.78, 5) is 24.5. The van der Waals surface area contributed by atoms with Crippen molar-refractivity contribution in [3.63, 3.8) is 0 Å². The maximum absolute atomic E-state index is 12.2. The van der Waals surface area contributed by atoms with Gasteiger partial charge in [0.15, 0.2) is 0 Å². The number of carbonyl (C=O) groups excluding carboxylic acids is 1. The highest BCUT2D eigenvalue weighted by atomic mass is 32.1. The predicted octanol–water partition coefficient (Wildman–Crippen LogP) is 2.29. The first-order valence-electron chi connectivity index (χ1n) is 6.08. The number of nitrogens with zero attached hydrogens (tertiary/aromatic N) is 1. The highest BCUT2D eigenvalue weighted by Crippen LogP contribution is 2.21. The summed E-state index contributed by atoms with van der Waals surface area (Å²) < 4.78 is 0. The minimum absolute atomic E-state index is 0.222. The smallest absolute Gasteiger partial charge is 0.323 e. The molecule has 5 heteroatoms. The third kappa shape index (κ3) is 3.99. The lowest BCUT2D eigenvalue weighted by Crippen LogP contribution is -2.39. The van der Waals surface area contributed by atoms with Gasteiger partial charge < -0.3 is 10.0 Å². The van der Waals surface area contributed by atoms with Crippen LogP contribution in [0.2, 0.25) is 0 Å². The van der Waals surface area contributed by atoms with Crippen molar-refractivity contribution in [3.05, 3.63) is 29.3 Å². The van der Waals surface area contributed by atoms with Crippen LogP contribution in [-0.4, -0.2) is 29.3 Å². The van der Waals surface area contributed by atoms with Crippen LogP contribution in [0.3, 0.4) is 0 Å². The molecule has 4 nitrogen and oxygen atoms in total. The molecule has 1 aromatic carbocycles. The van der Waals surface area contributed by atoms with Crippen LogP contribution in [0.4, 0.5) is 5.69 Å². The predicted molar refractivity (Wildman–Crippen MR) is 78.9 cm³/mol. The summed E-state index contributed by atoms with van der Waals surface area (Å²) in [5, 5.41) is 8.96. The molecule has 0 aliphatic carbocycles. The van der Waals surface area contributed by atoms with E-state index in [0.29, 0.717) is 11.4 Å². The second-order valence-corrected chi connectivity index (χ2v) is 5.04. The Morgan fingerprint density at radius 3 is 2.42 bits per heavy atom. The fourth-order valence-corrected chi connectivity index (χ4v) is 1.83. The van der Waals surface area contributed by atoms with Gasteiger partial charge in [-0.25, -0.2) is 0 Å². The summed E-state index contributed by atoms with van der Waals surface area (Å²) in [5.41, 5.74) is 2.75. The van der Waals surface area contributed by atoms with E-state index >= 15 is 0 Å². The van der Waals surface area contributed by atoms with E-state index in [2.05, 4.69) is 12.6 Å². The molecular formula is C14H19NO3S. The van der Waals surface area contributed by atoms with Crippen molar-refractivity contribution in [3.8, 4) is 0 Å². The third-order valence-corrected chi connectivity index (χ3v) is 3.60. The zero-order valence-corrected chi connectivity index (χ0v) is 12.3. The summed E-state index contributed by atoms with van der Waals surface area (Å²) in [6.07, 6.45) is 0. The summed E-state index contributed by atoms with van der Waals surface area (Å²) in [7, 11) is 0. The molecule has 0 bridgehead atoms. The number of anilines is 1. The molecule has 0 spiro atoms. The molecule has 104 valence electrons. The van der Waals surface area contributed by atoms with Crippen molar-refractivity contribution in [2.45, 2.75) is 20.8 Å². The molecule has 0 fully saturated rings. The Kier molecular flexibility index (Phi) is 5.42. The molecule has 1 atom stereocenters. The number of carboxylic acids is 1. The van der Waals surface area contributed by atoms with E-state index in [1.54, 1.807) is 13.0 Å². The number of aliphatic carboxylic acids is 1. The van der Waals surface area contributed by atoms with Gasteiger partial charge in [0.2, 0.25) is 5.91 Å². The first kappa shape index (κ1) is 15.6. The van der Waals surface area contributed by atoms with Crippen molar-refractivity contribution in [1.82, 2.24) is 0 Å². The molecule has 0 saturated heterocycles. The Hall–Kier alpha value is -1.49. The van der Waals surface area contributed by atoms with E-state index in [0.717, 1.165) is 11.1 Å². The van der Waals surface area contributed by atoms with Gasteiger partial charge in [-0.15, -0.1) is 0 Å². The lowest BCUT2D eigenvalue weighted by molar-refractivity contribution is -0.137. The molecule has 0 radical (unpaired) electrons. The van der Waals surface area contributed by atoms with E-state index in [9.17, 15) is 9.59 Å². The molecular weight excluding hydrogens is 262 g/mol. The summed E-state index contributed by atoms with van der Waals surface area (Å²) in [6, 6.07) is 5.49. The topological polar surface area (TPSA) is 57.6 Å². The van der Waals surface area contributed by atoms with Crippen LogP contribution < -0.4 is 4.90 Å². The largest absolute Gasteiger partial charge is 0.480 e. The number of rotatable bonds is 5. The van der Waals surface area contributed by atoms with Crippen LogP contribution in [-0.2, 0) is 9.59 Å². The quantitative estimate of drug-likeness (QED) is 0.814. The number of benzene rings is 1. The zero-order valence-electron chi connectivity index (χ0n) is 11.4. The number of carboxylic acid groups (broad SMARTS) is 1. The first-order valence-corrected chi connectivity index (χ1v) is 6.71. The number of carbonyl (C=O) groups is 2. The average Bonchev–Trinajstić information content (AvgIpc) is 2.37. The van der Waals surface area contributed by atoms with Crippen molar-refractivity contribution >= 4 is 30.2 Å². The Balaban J connectivity index is 3.12. The number of amides is 1. The van der Waals surface area contributed by atoms with Crippen molar-refractivity contribution in [2.75, 3.05) is 17.2 Å². The lowest BCUT2D eigenvalue weighted by atomic mass is 10.1. The highest BCUT2D eigenvalue weighted by Gasteiger charge is 2.23. The molecule has 0 heterocycles. The van der Waals surface area contributed by atoms with Gasteiger partial charge in [0.1, 0.15) is 6.54 Å². The van der Waals surface area contributed by atoms with Gasteiger partial charge in [-0.3, -0.25) is 9.59 Å². The van der Waals surface area contributed by atoms with Gasteiger partial charge in [-0.2, -0.15) is 12.6 Å². The van der Waals surface area contributed by atoms with Crippen LogP contribution in [0.1, 0.15) is 18.1 Å². The fraction of sp³-hybridized carbons (Fsp3) is 0.429. The standard InChI is InChI=1S/C14H19NO3S/c1-9-4-5-12(6-10(9)2)15(7-13(16)17)14(18)11(3)8-19/h4-6,11,19H,7-8H2,1-3H3,(H,16,17)/t11-/m1/s1. The summed E-state index contributed by atoms with van der Waals surface area (Å²) >= 11 is 4.09. The molecule has 0 unspecified atom stereocenters. The Bertz CT molecular complexity index is 488. The number of hydrogen-bond acceptors (Lipinski definition) is 3. The van der Waals surface area contributed by atoms with Crippen molar-refractivity contribution < 1.29 is 14.7 Å². The van der Waals surface area contributed by atoms with Crippen LogP contribution in [0.25, 0.3) is 0 Å². The van der Waals surface area contributed by atoms with Gasteiger partial charge in [0.05, 0.1) is 0 Å². The summed E-state index contributed by atoms with van der Waals surface area (Å²) in [6.45, 7) is 5.31. The maximum Gasteiger partial charge on any atom is 0.323 e. The molecule has 1 rings (SSSR count). The minimum atomic E-state index is -1.03. The normalized spacial score (nSPS) is 12.0. The van der Waals surface area contributed by atoms with Gasteiger partial charge in [-0.1, -0.05) is 13.0 Å². The summed E-state index contributed by atoms with van der Waals surface area (Å²) in [5.74, 6) is -1.18. The first-order chi connectivity index (χ1) is 8.86. The number of hydrogen-bond donors (Lipinski definition) is 2. The van der Waals surface area contributed by atoms with Crippen LogP contribution in [0.5, 0.6) is 0 Å². The van der Waals surface area contributed by atoms with E-state index in [4.69, 9.17) is 5.11 Å². The second kappa shape index (κ2) is 6.61. The molecule has 0 aliphatic heterocycles. The lowest BCUT2D eigenvalue weighted by Gasteiger charge is -2.24. The van der Waals surface area contributed by atoms with E-state index in [1.165, 1.54) is 4.90 Å². The van der Waals surface area contributed by atoms with E-state index < -0.39 is 5.97 Å². The average molecular weight is 281 g/mol. The molecule has 1 aromatic rings. The fourth-order valence-electron chi connectivity index (χ4n) is 1.67. The van der Waals surface area contributed by atoms with Crippen molar-refractivity contribution in [2.24, 2.45) is 5.92 Å². The minimum Gasteiger partial charge on any atom is -0.480 e. The Labute approximate surface area is 118 Å². The number of aryl methyl sites for hydroxylation is 2. The van der Waals surface area contributed by atoms with Gasteiger partial charge in [0.25, 0.3) is 0 Å². The zero-order chi connectivity index (χ0) is 14.6. The van der Waals surface area contributed by atoms with Crippen molar-refractivity contribution in [1.29, 1.82) is 0 Å². The van der Waals surface area contributed by atoms with E-state index in [1.807, 2.05) is 26.0 Å². The second-order valence-electron chi connectivity index (χ2n) is 4.67. The molecule has 0 saturated carbocycles. The van der Waals surface area contributed by atoms with Gasteiger partial charge >= 0.3 is 5.97 Å². The van der Waals surface area contributed by atoms with Crippen LogP contribution in [0.15, 0.2) is 18.2 Å². The van der Waals surface area contributed by atoms with Crippen LogP contribution >= 0.6 is 12.6 Å². The number of thiol groups is 1. The van der Waals surface area contributed by atoms with Gasteiger partial charge in [-0.05, 0) is 37.1 Å². The highest BCUT2D eigenvalue weighted by molar-refractivity contribution is 7.80. The Morgan fingerprint density at radius 1 is 1.32 bits per heavy atom. The van der Waals surface area contributed by atoms with E-state index in [-0.39, 0.29) is 18.4 Å².